The summed E-state index contributed by atoms with van der Waals surface area (Å²) in [6.07, 6.45) is 1.15. The zero-order chi connectivity index (χ0) is 13.3. The van der Waals surface area contributed by atoms with Crippen molar-refractivity contribution < 1.29 is 4.74 Å². The number of hydrogen-bond acceptors (Lipinski definition) is 2. The zero-order valence-corrected chi connectivity index (χ0v) is 12.2. The van der Waals surface area contributed by atoms with Gasteiger partial charge < -0.3 is 10.1 Å². The van der Waals surface area contributed by atoms with Crippen molar-refractivity contribution in [3.8, 4) is 5.75 Å². The molecule has 1 unspecified atom stereocenters. The summed E-state index contributed by atoms with van der Waals surface area (Å²) in [7, 11) is 0. The van der Waals surface area contributed by atoms with Crippen molar-refractivity contribution in [2.45, 2.75) is 52.5 Å². The number of nitrogens with one attached hydrogen (secondary N) is 1. The molecule has 2 nitrogen and oxygen atoms in total. The van der Waals surface area contributed by atoms with Crippen LogP contribution >= 0.6 is 0 Å². The maximum atomic E-state index is 5.84. The molecule has 100 valence electrons. The van der Waals surface area contributed by atoms with Crippen LogP contribution in [0.3, 0.4) is 0 Å². The molecule has 1 aromatic rings. The highest BCUT2D eigenvalue weighted by atomic mass is 16.5. The first kappa shape index (κ1) is 13.3. The molecule has 1 atom stereocenters. The van der Waals surface area contributed by atoms with Gasteiger partial charge in [-0.15, -0.1) is 0 Å². The van der Waals surface area contributed by atoms with Crippen LogP contribution in [0.25, 0.3) is 0 Å². The summed E-state index contributed by atoms with van der Waals surface area (Å²) >= 11 is 0. The van der Waals surface area contributed by atoms with Gasteiger partial charge in [-0.3, -0.25) is 0 Å². The molecule has 2 rings (SSSR count). The highest BCUT2D eigenvalue weighted by Crippen LogP contribution is 2.34. The average Bonchev–Trinajstić information content (AvgIpc) is 2.26. The van der Waals surface area contributed by atoms with Crippen LogP contribution in [0.1, 0.15) is 46.6 Å². The van der Waals surface area contributed by atoms with Crippen molar-refractivity contribution in [3.63, 3.8) is 0 Å². The SMILES string of the molecule is CC(C)CC1COc2ccc(C(C)(C)C)cc2N1. The Hall–Kier alpha value is -1.18. The molecule has 1 aliphatic heterocycles. The monoisotopic (exact) mass is 247 g/mol. The van der Waals surface area contributed by atoms with Gasteiger partial charge in [-0.05, 0) is 35.4 Å². The summed E-state index contributed by atoms with van der Waals surface area (Å²) < 4.78 is 5.84. The molecule has 2 heteroatoms. The standard InChI is InChI=1S/C16H25NO/c1-11(2)8-13-10-18-15-7-6-12(16(3,4)5)9-14(15)17-13/h6-7,9,11,13,17H,8,10H2,1-5H3. The van der Waals surface area contributed by atoms with Crippen LogP contribution in [0.2, 0.25) is 0 Å². The van der Waals surface area contributed by atoms with Gasteiger partial charge in [0.05, 0.1) is 11.7 Å². The minimum atomic E-state index is 0.182. The van der Waals surface area contributed by atoms with Crippen LogP contribution in [0.4, 0.5) is 5.69 Å². The second-order valence-corrected chi connectivity index (χ2v) is 6.74. The second kappa shape index (κ2) is 4.83. The Morgan fingerprint density at radius 3 is 2.67 bits per heavy atom. The molecule has 0 spiro atoms. The third-order valence-corrected chi connectivity index (χ3v) is 3.40. The number of benzene rings is 1. The van der Waals surface area contributed by atoms with Gasteiger partial charge in [-0.2, -0.15) is 0 Å². The number of ether oxygens (including phenoxy) is 1. The van der Waals surface area contributed by atoms with Gasteiger partial charge in [0.1, 0.15) is 12.4 Å². The summed E-state index contributed by atoms with van der Waals surface area (Å²) in [6, 6.07) is 6.94. The maximum absolute atomic E-state index is 5.84. The minimum absolute atomic E-state index is 0.182. The lowest BCUT2D eigenvalue weighted by atomic mass is 9.86. The van der Waals surface area contributed by atoms with Crippen molar-refractivity contribution in [1.82, 2.24) is 0 Å². The Morgan fingerprint density at radius 1 is 1.33 bits per heavy atom. The second-order valence-electron chi connectivity index (χ2n) is 6.74. The van der Waals surface area contributed by atoms with Gasteiger partial charge in [-0.25, -0.2) is 0 Å². The Kier molecular flexibility index (Phi) is 3.56. The highest BCUT2D eigenvalue weighted by molar-refractivity contribution is 5.60. The quantitative estimate of drug-likeness (QED) is 0.845. The van der Waals surface area contributed by atoms with E-state index in [0.29, 0.717) is 12.0 Å². The summed E-state index contributed by atoms with van der Waals surface area (Å²) in [5.41, 5.74) is 2.68. The van der Waals surface area contributed by atoms with Gasteiger partial charge in [-0.1, -0.05) is 40.7 Å². The zero-order valence-electron chi connectivity index (χ0n) is 12.2. The van der Waals surface area contributed by atoms with E-state index in [-0.39, 0.29) is 5.41 Å². The fraction of sp³-hybridized carbons (Fsp3) is 0.625. The summed E-state index contributed by atoms with van der Waals surface area (Å²) in [4.78, 5) is 0. The normalized spacial score (nSPS) is 19.1. The molecular weight excluding hydrogens is 222 g/mol. The predicted molar refractivity (Wildman–Crippen MR) is 77.5 cm³/mol. The molecular formula is C16H25NO. The Balaban J connectivity index is 2.19. The molecule has 0 fully saturated rings. The van der Waals surface area contributed by atoms with E-state index in [2.05, 4.69) is 58.1 Å². The average molecular weight is 247 g/mol. The van der Waals surface area contributed by atoms with E-state index in [4.69, 9.17) is 4.74 Å². The van der Waals surface area contributed by atoms with Crippen molar-refractivity contribution >= 4 is 5.69 Å². The molecule has 0 amide bonds. The number of anilines is 1. The first-order valence-corrected chi connectivity index (χ1v) is 6.90. The number of fused-ring (bicyclic) bond motifs is 1. The maximum Gasteiger partial charge on any atom is 0.142 e. The first-order valence-electron chi connectivity index (χ1n) is 6.90. The van der Waals surface area contributed by atoms with Crippen LogP contribution in [-0.4, -0.2) is 12.6 Å². The lowest BCUT2D eigenvalue weighted by Gasteiger charge is -2.30. The van der Waals surface area contributed by atoms with Crippen LogP contribution in [0, 0.1) is 5.92 Å². The van der Waals surface area contributed by atoms with E-state index in [0.717, 1.165) is 24.5 Å². The molecule has 0 aromatic heterocycles. The molecule has 18 heavy (non-hydrogen) atoms. The van der Waals surface area contributed by atoms with Gasteiger partial charge in [0, 0.05) is 0 Å². The fourth-order valence-electron chi connectivity index (χ4n) is 2.38. The molecule has 0 saturated carbocycles. The number of hydrogen-bond donors (Lipinski definition) is 1. The first-order chi connectivity index (χ1) is 8.36. The molecule has 1 aromatic carbocycles. The summed E-state index contributed by atoms with van der Waals surface area (Å²) in [5.74, 6) is 1.68. The topological polar surface area (TPSA) is 21.3 Å². The molecule has 0 bridgehead atoms. The smallest absolute Gasteiger partial charge is 0.142 e. The third kappa shape index (κ3) is 2.98. The predicted octanol–water partition coefficient (Wildman–Crippen LogP) is 4.20. The van der Waals surface area contributed by atoms with E-state index in [1.54, 1.807) is 0 Å². The molecule has 1 N–H and O–H groups in total. The van der Waals surface area contributed by atoms with Crippen LogP contribution in [-0.2, 0) is 5.41 Å². The minimum Gasteiger partial charge on any atom is -0.489 e. The van der Waals surface area contributed by atoms with Crippen LogP contribution < -0.4 is 10.1 Å². The van der Waals surface area contributed by atoms with Crippen molar-refractivity contribution in [2.24, 2.45) is 5.92 Å². The highest BCUT2D eigenvalue weighted by Gasteiger charge is 2.22. The van der Waals surface area contributed by atoms with E-state index in [1.807, 2.05) is 0 Å². The molecule has 0 aliphatic carbocycles. The molecule has 0 radical (unpaired) electrons. The Morgan fingerprint density at radius 2 is 2.06 bits per heavy atom. The van der Waals surface area contributed by atoms with E-state index in [9.17, 15) is 0 Å². The Labute approximate surface area is 111 Å². The van der Waals surface area contributed by atoms with Crippen molar-refractivity contribution in [3.05, 3.63) is 23.8 Å². The van der Waals surface area contributed by atoms with Gasteiger partial charge in [0.25, 0.3) is 0 Å². The molecule has 0 saturated heterocycles. The van der Waals surface area contributed by atoms with Gasteiger partial charge >= 0.3 is 0 Å². The lowest BCUT2D eigenvalue weighted by Crippen LogP contribution is -2.32. The molecule has 1 heterocycles. The Bertz CT molecular complexity index is 418. The van der Waals surface area contributed by atoms with Crippen molar-refractivity contribution in [1.29, 1.82) is 0 Å². The largest absolute Gasteiger partial charge is 0.489 e. The van der Waals surface area contributed by atoms with Crippen molar-refractivity contribution in [2.75, 3.05) is 11.9 Å². The van der Waals surface area contributed by atoms with Gasteiger partial charge in [0.15, 0.2) is 0 Å². The van der Waals surface area contributed by atoms with Gasteiger partial charge in [0.2, 0.25) is 0 Å². The fourth-order valence-corrected chi connectivity index (χ4v) is 2.38. The van der Waals surface area contributed by atoms with Crippen LogP contribution in [0.5, 0.6) is 5.75 Å². The number of rotatable bonds is 2. The summed E-state index contributed by atoms with van der Waals surface area (Å²) in [5, 5.41) is 3.62. The van der Waals surface area contributed by atoms with E-state index >= 15 is 0 Å². The lowest BCUT2D eigenvalue weighted by molar-refractivity contribution is 0.268. The van der Waals surface area contributed by atoms with Crippen LogP contribution in [0.15, 0.2) is 18.2 Å². The third-order valence-electron chi connectivity index (χ3n) is 3.40. The summed E-state index contributed by atoms with van der Waals surface area (Å²) in [6.45, 7) is 12.0. The van der Waals surface area contributed by atoms with E-state index < -0.39 is 0 Å². The van der Waals surface area contributed by atoms with E-state index in [1.165, 1.54) is 5.56 Å². The molecule has 1 aliphatic rings.